The molecular weight excluding hydrogens is 268 g/mol. The zero-order valence-electron chi connectivity index (χ0n) is 11.3. The van der Waals surface area contributed by atoms with Gasteiger partial charge in [0.05, 0.1) is 7.11 Å². The molecule has 0 radical (unpaired) electrons. The van der Waals surface area contributed by atoms with Gasteiger partial charge < -0.3 is 15.2 Å². The fourth-order valence-corrected chi connectivity index (χ4v) is 3.07. The Kier molecular flexibility index (Phi) is 5.59. The number of nitrogens with one attached hydrogen (secondary N) is 1. The number of methoxy groups -OCH3 is 2. The summed E-state index contributed by atoms with van der Waals surface area (Å²) in [5.41, 5.74) is 5.99. The summed E-state index contributed by atoms with van der Waals surface area (Å²) < 4.78 is 37.0. The summed E-state index contributed by atoms with van der Waals surface area (Å²) in [6.07, 6.45) is 0.584. The van der Waals surface area contributed by atoms with Crippen LogP contribution in [0.1, 0.15) is 13.3 Å². The number of rotatable bonds is 7. The van der Waals surface area contributed by atoms with E-state index in [1.54, 1.807) is 20.1 Å². The Morgan fingerprint density at radius 1 is 1.37 bits per heavy atom. The van der Waals surface area contributed by atoms with Crippen molar-refractivity contribution < 1.29 is 17.9 Å². The van der Waals surface area contributed by atoms with Crippen molar-refractivity contribution >= 4 is 15.7 Å². The van der Waals surface area contributed by atoms with Crippen molar-refractivity contribution in [3.63, 3.8) is 0 Å². The van der Waals surface area contributed by atoms with E-state index in [1.807, 2.05) is 0 Å². The first-order valence-corrected chi connectivity index (χ1v) is 7.34. The van der Waals surface area contributed by atoms with Gasteiger partial charge in [-0.1, -0.05) is 0 Å². The Morgan fingerprint density at radius 3 is 2.63 bits per heavy atom. The maximum absolute atomic E-state index is 12.3. The number of ether oxygens (including phenoxy) is 2. The minimum absolute atomic E-state index is 0.0410. The van der Waals surface area contributed by atoms with Gasteiger partial charge in [-0.05, 0) is 31.5 Å². The van der Waals surface area contributed by atoms with Crippen LogP contribution in [0.3, 0.4) is 0 Å². The van der Waals surface area contributed by atoms with Gasteiger partial charge in [-0.25, -0.2) is 13.1 Å². The van der Waals surface area contributed by atoms with Gasteiger partial charge in [0.2, 0.25) is 10.0 Å². The molecule has 0 spiro atoms. The van der Waals surface area contributed by atoms with E-state index in [2.05, 4.69) is 4.72 Å². The van der Waals surface area contributed by atoms with Gasteiger partial charge in [0, 0.05) is 25.4 Å². The van der Waals surface area contributed by atoms with Crippen LogP contribution in [0, 0.1) is 0 Å². The van der Waals surface area contributed by atoms with Crippen molar-refractivity contribution in [2.75, 3.05) is 26.6 Å². The second-order valence-corrected chi connectivity index (χ2v) is 5.90. The molecule has 7 heteroatoms. The molecule has 1 aromatic carbocycles. The smallest absolute Gasteiger partial charge is 0.244 e. The van der Waals surface area contributed by atoms with Gasteiger partial charge >= 0.3 is 0 Å². The Bertz CT molecular complexity index is 516. The molecule has 0 bridgehead atoms. The molecule has 0 aromatic heterocycles. The monoisotopic (exact) mass is 288 g/mol. The van der Waals surface area contributed by atoms with E-state index in [-0.39, 0.29) is 16.7 Å². The molecular formula is C12H20N2O4S. The third kappa shape index (κ3) is 4.38. The second kappa shape index (κ2) is 6.74. The molecule has 19 heavy (non-hydrogen) atoms. The Labute approximate surface area is 113 Å². The number of hydrogen-bond donors (Lipinski definition) is 2. The molecule has 0 heterocycles. The number of sulfonamides is 1. The van der Waals surface area contributed by atoms with Crippen molar-refractivity contribution in [1.82, 2.24) is 4.72 Å². The molecule has 1 unspecified atom stereocenters. The number of benzene rings is 1. The highest BCUT2D eigenvalue weighted by Crippen LogP contribution is 2.25. The largest absolute Gasteiger partial charge is 0.495 e. The quantitative estimate of drug-likeness (QED) is 0.730. The van der Waals surface area contributed by atoms with Crippen molar-refractivity contribution in [1.29, 1.82) is 0 Å². The summed E-state index contributed by atoms with van der Waals surface area (Å²) in [4.78, 5) is 0.0410. The molecule has 0 aliphatic rings. The van der Waals surface area contributed by atoms with Crippen LogP contribution in [0.2, 0.25) is 0 Å². The number of nitrogen functional groups attached to an aromatic ring is 1. The van der Waals surface area contributed by atoms with Gasteiger partial charge in [0.25, 0.3) is 0 Å². The lowest BCUT2D eigenvalue weighted by Crippen LogP contribution is -2.33. The molecule has 0 saturated heterocycles. The Balaban J connectivity index is 2.96. The summed E-state index contributed by atoms with van der Waals surface area (Å²) in [7, 11) is -0.679. The van der Waals surface area contributed by atoms with Gasteiger partial charge in [0.15, 0.2) is 0 Å². The van der Waals surface area contributed by atoms with E-state index < -0.39 is 10.0 Å². The average molecular weight is 288 g/mol. The molecule has 1 aromatic rings. The first kappa shape index (κ1) is 15.7. The number of nitrogens with two attached hydrogens (primary N) is 1. The zero-order valence-corrected chi connectivity index (χ0v) is 12.2. The van der Waals surface area contributed by atoms with E-state index in [0.29, 0.717) is 18.7 Å². The fraction of sp³-hybridized carbons (Fsp3) is 0.500. The van der Waals surface area contributed by atoms with Crippen LogP contribution in [-0.2, 0) is 14.8 Å². The average Bonchev–Trinajstić information content (AvgIpc) is 2.35. The molecule has 3 N–H and O–H groups in total. The molecule has 1 rings (SSSR count). The van der Waals surface area contributed by atoms with Crippen molar-refractivity contribution in [2.24, 2.45) is 0 Å². The van der Waals surface area contributed by atoms with Gasteiger partial charge in [-0.3, -0.25) is 0 Å². The first-order valence-electron chi connectivity index (χ1n) is 5.85. The molecule has 6 nitrogen and oxygen atoms in total. The summed E-state index contributed by atoms with van der Waals surface area (Å²) in [6, 6.07) is 4.26. The van der Waals surface area contributed by atoms with Gasteiger partial charge in [0.1, 0.15) is 10.6 Å². The van der Waals surface area contributed by atoms with E-state index in [1.165, 1.54) is 19.2 Å². The van der Waals surface area contributed by atoms with Crippen molar-refractivity contribution in [3.8, 4) is 5.75 Å². The maximum atomic E-state index is 12.3. The number of anilines is 1. The van der Waals surface area contributed by atoms with Gasteiger partial charge in [-0.2, -0.15) is 0 Å². The van der Waals surface area contributed by atoms with E-state index >= 15 is 0 Å². The van der Waals surface area contributed by atoms with E-state index in [9.17, 15) is 8.42 Å². The lowest BCUT2D eigenvalue weighted by Gasteiger charge is -2.15. The maximum Gasteiger partial charge on any atom is 0.244 e. The Morgan fingerprint density at radius 2 is 2.05 bits per heavy atom. The van der Waals surface area contributed by atoms with Crippen LogP contribution in [0.4, 0.5) is 5.69 Å². The highest BCUT2D eigenvalue weighted by molar-refractivity contribution is 7.89. The fourth-order valence-electron chi connectivity index (χ4n) is 1.59. The predicted octanol–water partition coefficient (Wildman–Crippen LogP) is 0.981. The van der Waals surface area contributed by atoms with Crippen molar-refractivity contribution in [3.05, 3.63) is 18.2 Å². The highest BCUT2D eigenvalue weighted by atomic mass is 32.2. The summed E-state index contributed by atoms with van der Waals surface area (Å²) in [5, 5.41) is 0. The third-order valence-corrected chi connectivity index (χ3v) is 4.20. The van der Waals surface area contributed by atoms with Crippen LogP contribution < -0.4 is 15.2 Å². The molecule has 0 aliphatic heterocycles. The lowest BCUT2D eigenvalue weighted by molar-refractivity contribution is 0.188. The zero-order chi connectivity index (χ0) is 14.5. The lowest BCUT2D eigenvalue weighted by atomic mass is 10.3. The Hall–Kier alpha value is -1.31. The van der Waals surface area contributed by atoms with Crippen LogP contribution in [0.25, 0.3) is 0 Å². The molecule has 0 saturated carbocycles. The summed E-state index contributed by atoms with van der Waals surface area (Å²) in [6.45, 7) is 2.26. The molecule has 0 fully saturated rings. The summed E-state index contributed by atoms with van der Waals surface area (Å²) in [5.74, 6) is 0.264. The standard InChI is InChI=1S/C12H20N2O4S/c1-9(6-7-17-2)14-19(15,16)12-8-10(13)4-5-11(12)18-3/h4-5,8-9,14H,6-7,13H2,1-3H3. The van der Waals surface area contributed by atoms with Crippen molar-refractivity contribution in [2.45, 2.75) is 24.3 Å². The highest BCUT2D eigenvalue weighted by Gasteiger charge is 2.21. The molecule has 1 atom stereocenters. The molecule has 0 aliphatic carbocycles. The summed E-state index contributed by atoms with van der Waals surface area (Å²) >= 11 is 0. The molecule has 0 amide bonds. The minimum Gasteiger partial charge on any atom is -0.495 e. The topological polar surface area (TPSA) is 90.7 Å². The van der Waals surface area contributed by atoms with Crippen LogP contribution >= 0.6 is 0 Å². The predicted molar refractivity (Wildman–Crippen MR) is 73.7 cm³/mol. The third-order valence-electron chi connectivity index (χ3n) is 2.59. The first-order chi connectivity index (χ1) is 8.90. The normalized spacial score (nSPS) is 13.2. The minimum atomic E-state index is -3.67. The SMILES string of the molecule is COCCC(C)NS(=O)(=O)c1cc(N)ccc1OC. The number of hydrogen-bond acceptors (Lipinski definition) is 5. The van der Waals surface area contributed by atoms with Crippen LogP contribution in [-0.4, -0.2) is 35.3 Å². The van der Waals surface area contributed by atoms with Gasteiger partial charge in [-0.15, -0.1) is 0 Å². The van der Waals surface area contributed by atoms with Crippen LogP contribution in [0.5, 0.6) is 5.75 Å². The van der Waals surface area contributed by atoms with Crippen LogP contribution in [0.15, 0.2) is 23.1 Å². The molecule has 108 valence electrons. The second-order valence-electron chi connectivity index (χ2n) is 4.21. The van der Waals surface area contributed by atoms with E-state index in [4.69, 9.17) is 15.2 Å². The van der Waals surface area contributed by atoms with E-state index in [0.717, 1.165) is 0 Å².